The molecule has 1 aromatic heterocycles. The van der Waals surface area contributed by atoms with Crippen molar-refractivity contribution in [3.63, 3.8) is 0 Å². The number of likely N-dealkylation sites (tertiary alicyclic amines) is 1. The van der Waals surface area contributed by atoms with E-state index in [9.17, 15) is 9.59 Å². The number of carbonyl (C=O) groups is 2. The van der Waals surface area contributed by atoms with Crippen LogP contribution in [0.15, 0.2) is 36.5 Å². The zero-order chi connectivity index (χ0) is 17.8. The highest BCUT2D eigenvalue weighted by atomic mass is 16.2. The van der Waals surface area contributed by atoms with Gasteiger partial charge in [-0.15, -0.1) is 0 Å². The van der Waals surface area contributed by atoms with E-state index in [2.05, 4.69) is 15.7 Å². The van der Waals surface area contributed by atoms with Crippen LogP contribution in [0.4, 0.5) is 10.5 Å². The fourth-order valence-corrected chi connectivity index (χ4v) is 3.24. The lowest BCUT2D eigenvalue weighted by molar-refractivity contribution is 0.0963. The van der Waals surface area contributed by atoms with Gasteiger partial charge in [-0.05, 0) is 49.6 Å². The lowest BCUT2D eigenvalue weighted by Gasteiger charge is -2.35. The van der Waals surface area contributed by atoms with E-state index in [1.54, 1.807) is 37.5 Å². The van der Waals surface area contributed by atoms with Crippen LogP contribution in [0.25, 0.3) is 0 Å². The van der Waals surface area contributed by atoms with Crippen molar-refractivity contribution >= 4 is 17.6 Å². The van der Waals surface area contributed by atoms with Crippen LogP contribution in [-0.4, -0.2) is 40.2 Å². The zero-order valence-electron chi connectivity index (χ0n) is 14.5. The molecule has 1 atom stereocenters. The summed E-state index contributed by atoms with van der Waals surface area (Å²) in [6.07, 6.45) is 4.79. The van der Waals surface area contributed by atoms with Gasteiger partial charge in [-0.1, -0.05) is 0 Å². The number of carbonyl (C=O) groups excluding carboxylic acids is 2. The minimum absolute atomic E-state index is 0.0337. The molecule has 1 saturated heterocycles. The van der Waals surface area contributed by atoms with Crippen molar-refractivity contribution in [2.75, 3.05) is 18.9 Å². The van der Waals surface area contributed by atoms with Gasteiger partial charge in [0.25, 0.3) is 5.91 Å². The number of hydrogen-bond donors (Lipinski definition) is 2. The minimum atomic E-state index is -0.148. The molecule has 0 radical (unpaired) electrons. The van der Waals surface area contributed by atoms with Gasteiger partial charge in [0.05, 0.1) is 11.7 Å². The van der Waals surface area contributed by atoms with Gasteiger partial charge in [-0.3, -0.25) is 9.48 Å². The van der Waals surface area contributed by atoms with Gasteiger partial charge in [0, 0.05) is 38.1 Å². The topological polar surface area (TPSA) is 79.3 Å². The van der Waals surface area contributed by atoms with E-state index < -0.39 is 0 Å². The quantitative estimate of drug-likeness (QED) is 0.900. The number of aromatic nitrogens is 2. The normalized spacial score (nSPS) is 17.2. The number of urea groups is 1. The Balaban J connectivity index is 1.72. The second-order valence-corrected chi connectivity index (χ2v) is 6.17. The molecule has 1 aliphatic rings. The number of nitrogens with one attached hydrogen (secondary N) is 2. The van der Waals surface area contributed by atoms with E-state index in [0.717, 1.165) is 31.5 Å². The van der Waals surface area contributed by atoms with Crippen molar-refractivity contribution in [3.8, 4) is 0 Å². The Morgan fingerprint density at radius 3 is 2.56 bits per heavy atom. The Hall–Kier alpha value is -2.83. The summed E-state index contributed by atoms with van der Waals surface area (Å²) >= 11 is 0. The summed E-state index contributed by atoms with van der Waals surface area (Å²) < 4.78 is 1.83. The van der Waals surface area contributed by atoms with Gasteiger partial charge >= 0.3 is 6.03 Å². The summed E-state index contributed by atoms with van der Waals surface area (Å²) in [7, 11) is 3.49. The first kappa shape index (κ1) is 17.0. The van der Waals surface area contributed by atoms with E-state index in [1.165, 1.54) is 0 Å². The van der Waals surface area contributed by atoms with Crippen LogP contribution in [0.5, 0.6) is 0 Å². The molecule has 1 fully saturated rings. The lowest BCUT2D eigenvalue weighted by atomic mass is 9.99. The maximum atomic E-state index is 12.8. The molecule has 0 saturated carbocycles. The molecule has 3 amide bonds. The highest BCUT2D eigenvalue weighted by Crippen LogP contribution is 2.31. The van der Waals surface area contributed by atoms with Gasteiger partial charge in [0.1, 0.15) is 0 Å². The number of nitrogens with zero attached hydrogens (tertiary/aromatic N) is 3. The van der Waals surface area contributed by atoms with Crippen molar-refractivity contribution < 1.29 is 9.59 Å². The van der Waals surface area contributed by atoms with Crippen LogP contribution in [0.3, 0.4) is 0 Å². The Labute approximate surface area is 147 Å². The first-order chi connectivity index (χ1) is 12.1. The molecule has 0 unspecified atom stereocenters. The zero-order valence-corrected chi connectivity index (χ0v) is 14.5. The van der Waals surface area contributed by atoms with E-state index in [4.69, 9.17) is 0 Å². The molecule has 7 heteroatoms. The Morgan fingerprint density at radius 1 is 1.16 bits per heavy atom. The molecular weight excluding hydrogens is 318 g/mol. The number of piperidine rings is 1. The average molecular weight is 341 g/mol. The van der Waals surface area contributed by atoms with Crippen molar-refractivity contribution in [1.82, 2.24) is 20.0 Å². The maximum Gasteiger partial charge on any atom is 0.322 e. The molecule has 0 aliphatic carbocycles. The third kappa shape index (κ3) is 3.65. The second kappa shape index (κ2) is 7.38. The van der Waals surface area contributed by atoms with Crippen molar-refractivity contribution in [1.29, 1.82) is 0 Å². The molecule has 1 aromatic carbocycles. The predicted molar refractivity (Wildman–Crippen MR) is 95.4 cm³/mol. The van der Waals surface area contributed by atoms with E-state index >= 15 is 0 Å². The summed E-state index contributed by atoms with van der Waals surface area (Å²) in [6.45, 7) is 0.720. The highest BCUT2D eigenvalue weighted by Gasteiger charge is 2.29. The van der Waals surface area contributed by atoms with Crippen molar-refractivity contribution in [2.45, 2.75) is 25.3 Å². The molecule has 2 aromatic rings. The standard InChI is InChI=1S/C18H23N5O2/c1-19-17(24)13-6-8-14(9-7-13)21-18(25)23-12-4-3-5-16(23)15-10-11-20-22(15)2/h6-11,16H,3-5,12H2,1-2H3,(H,19,24)(H,21,25)/t16-/m1/s1. The third-order valence-corrected chi connectivity index (χ3v) is 4.59. The number of hydrogen-bond acceptors (Lipinski definition) is 3. The molecule has 2 N–H and O–H groups in total. The lowest BCUT2D eigenvalue weighted by Crippen LogP contribution is -2.41. The SMILES string of the molecule is CNC(=O)c1ccc(NC(=O)N2CCCC[C@@H]2c2ccnn2C)cc1. The second-order valence-electron chi connectivity index (χ2n) is 6.17. The number of amides is 3. The van der Waals surface area contributed by atoms with Crippen LogP contribution in [0.1, 0.15) is 41.4 Å². The van der Waals surface area contributed by atoms with Gasteiger partial charge < -0.3 is 15.5 Å². The maximum absolute atomic E-state index is 12.8. The molecule has 0 bridgehead atoms. The van der Waals surface area contributed by atoms with Gasteiger partial charge in [0.15, 0.2) is 0 Å². The molecule has 25 heavy (non-hydrogen) atoms. The first-order valence-corrected chi connectivity index (χ1v) is 8.48. The predicted octanol–water partition coefficient (Wildman–Crippen LogP) is 2.54. The Kier molecular flexibility index (Phi) is 5.02. The number of anilines is 1. The van der Waals surface area contributed by atoms with E-state index in [0.29, 0.717) is 11.3 Å². The molecule has 2 heterocycles. The Morgan fingerprint density at radius 2 is 1.92 bits per heavy atom. The smallest absolute Gasteiger partial charge is 0.322 e. The van der Waals surface area contributed by atoms with E-state index in [1.807, 2.05) is 22.7 Å². The van der Waals surface area contributed by atoms with Gasteiger partial charge in [-0.25, -0.2) is 4.79 Å². The molecule has 1 aliphatic heterocycles. The summed E-state index contributed by atoms with van der Waals surface area (Å²) in [5.74, 6) is -0.148. The molecule has 3 rings (SSSR count). The summed E-state index contributed by atoms with van der Waals surface area (Å²) in [5, 5.41) is 9.73. The van der Waals surface area contributed by atoms with Crippen LogP contribution in [-0.2, 0) is 7.05 Å². The average Bonchev–Trinajstić information content (AvgIpc) is 3.07. The number of rotatable bonds is 3. The summed E-state index contributed by atoms with van der Waals surface area (Å²) in [4.78, 5) is 26.2. The van der Waals surface area contributed by atoms with Gasteiger partial charge in [-0.2, -0.15) is 5.10 Å². The fourth-order valence-electron chi connectivity index (χ4n) is 3.24. The van der Waals surface area contributed by atoms with Crippen LogP contribution < -0.4 is 10.6 Å². The van der Waals surface area contributed by atoms with Crippen molar-refractivity contribution in [3.05, 3.63) is 47.8 Å². The molecular formula is C18H23N5O2. The minimum Gasteiger partial charge on any atom is -0.355 e. The van der Waals surface area contributed by atoms with E-state index in [-0.39, 0.29) is 18.0 Å². The molecule has 0 spiro atoms. The number of aryl methyl sites for hydroxylation is 1. The highest BCUT2D eigenvalue weighted by molar-refractivity contribution is 5.95. The summed E-state index contributed by atoms with van der Waals surface area (Å²) in [5.41, 5.74) is 2.28. The fraction of sp³-hybridized carbons (Fsp3) is 0.389. The molecule has 7 nitrogen and oxygen atoms in total. The van der Waals surface area contributed by atoms with Crippen LogP contribution in [0.2, 0.25) is 0 Å². The van der Waals surface area contributed by atoms with Crippen molar-refractivity contribution in [2.24, 2.45) is 7.05 Å². The number of benzene rings is 1. The van der Waals surface area contributed by atoms with Crippen LogP contribution in [0, 0.1) is 0 Å². The van der Waals surface area contributed by atoms with Crippen LogP contribution >= 0.6 is 0 Å². The van der Waals surface area contributed by atoms with Gasteiger partial charge in [0.2, 0.25) is 0 Å². The largest absolute Gasteiger partial charge is 0.355 e. The third-order valence-electron chi connectivity index (χ3n) is 4.59. The molecule has 132 valence electrons. The summed E-state index contributed by atoms with van der Waals surface area (Å²) in [6, 6.07) is 8.75. The monoisotopic (exact) mass is 341 g/mol. The first-order valence-electron chi connectivity index (χ1n) is 8.48. The Bertz CT molecular complexity index is 753.